The second kappa shape index (κ2) is 5.86. The van der Waals surface area contributed by atoms with Gasteiger partial charge in [-0.25, -0.2) is 13.9 Å². The van der Waals surface area contributed by atoms with Crippen LogP contribution in [0.1, 0.15) is 6.42 Å². The fourth-order valence-corrected chi connectivity index (χ4v) is 3.25. The third kappa shape index (κ3) is 2.52. The van der Waals surface area contributed by atoms with Gasteiger partial charge in [0.2, 0.25) is 0 Å². The van der Waals surface area contributed by atoms with Crippen molar-refractivity contribution in [3.05, 3.63) is 30.9 Å². The van der Waals surface area contributed by atoms with Crippen molar-refractivity contribution in [3.8, 4) is 11.3 Å². The lowest BCUT2D eigenvalue weighted by molar-refractivity contribution is 0.202. The summed E-state index contributed by atoms with van der Waals surface area (Å²) in [6.07, 6.45) is 7.06. The summed E-state index contributed by atoms with van der Waals surface area (Å²) >= 11 is 0. The van der Waals surface area contributed by atoms with E-state index in [0.29, 0.717) is 13.1 Å². The van der Waals surface area contributed by atoms with Crippen molar-refractivity contribution in [2.24, 2.45) is 18.7 Å². The minimum Gasteiger partial charge on any atom is -0.352 e. The number of hydrogen-bond acceptors (Lipinski definition) is 5. The zero-order valence-corrected chi connectivity index (χ0v) is 13.5. The summed E-state index contributed by atoms with van der Waals surface area (Å²) < 4.78 is 17.9. The summed E-state index contributed by atoms with van der Waals surface area (Å²) in [7, 11) is 1.86. The summed E-state index contributed by atoms with van der Waals surface area (Å²) in [4.78, 5) is 6.77. The Morgan fingerprint density at radius 2 is 2.21 bits per heavy atom. The van der Waals surface area contributed by atoms with Crippen LogP contribution in [0, 0.1) is 5.92 Å². The Morgan fingerprint density at radius 1 is 1.33 bits per heavy atom. The maximum absolute atomic E-state index is 14.4. The molecule has 1 saturated heterocycles. The van der Waals surface area contributed by atoms with Crippen molar-refractivity contribution in [3.63, 3.8) is 0 Å². The lowest BCUT2D eigenvalue weighted by Gasteiger charge is -2.35. The maximum atomic E-state index is 14.4. The highest BCUT2D eigenvalue weighted by atomic mass is 19.1. The van der Waals surface area contributed by atoms with Crippen LogP contribution < -0.4 is 10.6 Å². The molecule has 4 rings (SSSR count). The molecule has 0 unspecified atom stereocenters. The van der Waals surface area contributed by atoms with Crippen LogP contribution in [-0.2, 0) is 7.05 Å². The molecule has 0 amide bonds. The van der Waals surface area contributed by atoms with E-state index >= 15 is 0 Å². The molecule has 0 radical (unpaired) electrons. The fourth-order valence-electron chi connectivity index (χ4n) is 3.25. The molecule has 3 aromatic rings. The molecular formula is C16H20FN7. The molecule has 1 fully saturated rings. The van der Waals surface area contributed by atoms with E-state index in [2.05, 4.69) is 10.2 Å². The Balaban J connectivity index is 1.75. The monoisotopic (exact) mass is 329 g/mol. The number of alkyl halides is 1. The fraction of sp³-hybridized carbons (Fsp3) is 0.438. The third-order valence-electron chi connectivity index (χ3n) is 4.65. The standard InChI is InChI=1S/C16H20FN7/c1-22-8-12(7-20-22)14-10-24-15(2-4-19-24)16(21-14)23-5-3-11(6-18)13(17)9-23/h2,4,7-8,10-11,13H,3,5-6,9,18H2,1H3/t11-,13-/m1/s1. The van der Waals surface area contributed by atoms with Crippen molar-refractivity contribution in [2.75, 3.05) is 24.5 Å². The average molecular weight is 329 g/mol. The number of piperidine rings is 1. The molecule has 0 saturated carbocycles. The highest BCUT2D eigenvalue weighted by Gasteiger charge is 2.30. The first-order valence-electron chi connectivity index (χ1n) is 8.08. The Bertz CT molecular complexity index is 855. The number of aromatic nitrogens is 5. The molecule has 4 heterocycles. The highest BCUT2D eigenvalue weighted by molar-refractivity contribution is 5.72. The Kier molecular flexibility index (Phi) is 3.68. The van der Waals surface area contributed by atoms with E-state index in [1.165, 1.54) is 0 Å². The van der Waals surface area contributed by atoms with E-state index < -0.39 is 6.17 Å². The predicted molar refractivity (Wildman–Crippen MR) is 89.5 cm³/mol. The summed E-state index contributed by atoms with van der Waals surface area (Å²) in [6.45, 7) is 1.44. The highest BCUT2D eigenvalue weighted by Crippen LogP contribution is 2.29. The van der Waals surface area contributed by atoms with E-state index in [-0.39, 0.29) is 5.92 Å². The number of fused-ring (bicyclic) bond motifs is 1. The summed E-state index contributed by atoms with van der Waals surface area (Å²) in [5.74, 6) is 0.690. The molecular weight excluding hydrogens is 309 g/mol. The van der Waals surface area contributed by atoms with Gasteiger partial charge in [-0.2, -0.15) is 10.2 Å². The normalized spacial score (nSPS) is 21.5. The first kappa shape index (κ1) is 15.1. The average Bonchev–Trinajstić information content (AvgIpc) is 3.22. The van der Waals surface area contributed by atoms with E-state index in [4.69, 9.17) is 10.7 Å². The van der Waals surface area contributed by atoms with Crippen LogP contribution in [-0.4, -0.2) is 50.2 Å². The topological polar surface area (TPSA) is 77.3 Å². The lowest BCUT2D eigenvalue weighted by Crippen LogP contribution is -2.44. The van der Waals surface area contributed by atoms with Crippen molar-refractivity contribution >= 4 is 11.3 Å². The minimum absolute atomic E-state index is 0.0660. The maximum Gasteiger partial charge on any atom is 0.155 e. The Morgan fingerprint density at radius 3 is 2.92 bits per heavy atom. The van der Waals surface area contributed by atoms with Crippen LogP contribution in [0.3, 0.4) is 0 Å². The SMILES string of the molecule is Cn1cc(-c2cn3nccc3c(N3CC[C@H](CN)[C@H](F)C3)n2)cn1. The second-order valence-corrected chi connectivity index (χ2v) is 6.26. The lowest BCUT2D eigenvalue weighted by atomic mass is 9.95. The first-order chi connectivity index (χ1) is 11.7. The van der Waals surface area contributed by atoms with Gasteiger partial charge >= 0.3 is 0 Å². The quantitative estimate of drug-likeness (QED) is 0.782. The molecule has 2 atom stereocenters. The van der Waals surface area contributed by atoms with Gasteiger partial charge in [0.1, 0.15) is 11.7 Å². The van der Waals surface area contributed by atoms with Crippen LogP contribution in [0.5, 0.6) is 0 Å². The number of nitrogens with two attached hydrogens (primary N) is 1. The molecule has 2 N–H and O–H groups in total. The van der Waals surface area contributed by atoms with Crippen LogP contribution in [0.15, 0.2) is 30.9 Å². The van der Waals surface area contributed by atoms with E-state index in [0.717, 1.165) is 35.6 Å². The number of hydrogen-bond donors (Lipinski definition) is 1. The molecule has 0 aromatic carbocycles. The van der Waals surface area contributed by atoms with Gasteiger partial charge in [-0.1, -0.05) is 0 Å². The van der Waals surface area contributed by atoms with Crippen molar-refractivity contribution in [1.82, 2.24) is 24.4 Å². The van der Waals surface area contributed by atoms with Gasteiger partial charge in [0.25, 0.3) is 0 Å². The van der Waals surface area contributed by atoms with Gasteiger partial charge in [-0.3, -0.25) is 4.68 Å². The van der Waals surface area contributed by atoms with Gasteiger partial charge in [0.15, 0.2) is 5.82 Å². The molecule has 7 nitrogen and oxygen atoms in total. The molecule has 126 valence electrons. The predicted octanol–water partition coefficient (Wildman–Crippen LogP) is 1.25. The first-order valence-corrected chi connectivity index (χ1v) is 8.08. The molecule has 1 aliphatic rings. The van der Waals surface area contributed by atoms with Crippen LogP contribution >= 0.6 is 0 Å². The van der Waals surface area contributed by atoms with Gasteiger partial charge in [-0.15, -0.1) is 0 Å². The zero-order chi connectivity index (χ0) is 16.7. The van der Waals surface area contributed by atoms with Crippen LogP contribution in [0.4, 0.5) is 10.2 Å². The molecule has 0 bridgehead atoms. The Hall–Kier alpha value is -2.48. The van der Waals surface area contributed by atoms with Crippen molar-refractivity contribution in [2.45, 2.75) is 12.6 Å². The van der Waals surface area contributed by atoms with Crippen molar-refractivity contribution < 1.29 is 4.39 Å². The zero-order valence-electron chi connectivity index (χ0n) is 13.5. The Labute approximate surface area is 138 Å². The van der Waals surface area contributed by atoms with E-state index in [1.807, 2.05) is 30.4 Å². The van der Waals surface area contributed by atoms with E-state index in [1.54, 1.807) is 21.6 Å². The van der Waals surface area contributed by atoms with Crippen LogP contribution in [0.25, 0.3) is 16.8 Å². The number of rotatable bonds is 3. The van der Waals surface area contributed by atoms with Crippen LogP contribution in [0.2, 0.25) is 0 Å². The van der Waals surface area contributed by atoms with E-state index in [9.17, 15) is 4.39 Å². The summed E-state index contributed by atoms with van der Waals surface area (Å²) in [5, 5.41) is 8.52. The number of nitrogens with zero attached hydrogens (tertiary/aromatic N) is 6. The number of anilines is 1. The van der Waals surface area contributed by atoms with Gasteiger partial charge < -0.3 is 10.6 Å². The summed E-state index contributed by atoms with van der Waals surface area (Å²) in [5.41, 5.74) is 8.21. The summed E-state index contributed by atoms with van der Waals surface area (Å²) in [6, 6.07) is 1.90. The third-order valence-corrected chi connectivity index (χ3v) is 4.65. The minimum atomic E-state index is -0.935. The van der Waals surface area contributed by atoms with Gasteiger partial charge in [0.05, 0.1) is 30.8 Å². The molecule has 8 heteroatoms. The smallest absolute Gasteiger partial charge is 0.155 e. The molecule has 0 aliphatic carbocycles. The molecule has 0 spiro atoms. The molecule has 24 heavy (non-hydrogen) atoms. The number of aryl methyl sites for hydroxylation is 1. The second-order valence-electron chi connectivity index (χ2n) is 6.26. The largest absolute Gasteiger partial charge is 0.352 e. The molecule has 3 aromatic heterocycles. The van der Waals surface area contributed by atoms with Gasteiger partial charge in [-0.05, 0) is 19.0 Å². The molecule has 1 aliphatic heterocycles. The van der Waals surface area contributed by atoms with Gasteiger partial charge in [0, 0.05) is 31.3 Å². The van der Waals surface area contributed by atoms with Crippen molar-refractivity contribution in [1.29, 1.82) is 0 Å². The number of halogens is 1.